The van der Waals surface area contributed by atoms with Gasteiger partial charge in [-0.2, -0.15) is 13.2 Å². The average molecular weight is 317 g/mol. The van der Waals surface area contributed by atoms with E-state index in [-0.39, 0.29) is 15.6 Å². The van der Waals surface area contributed by atoms with E-state index in [9.17, 15) is 21.6 Å². The number of benzene rings is 1. The smallest absolute Gasteiger partial charge is 0.390 e. The number of nitrogens with one attached hydrogen (secondary N) is 1. The number of halogens is 4. The van der Waals surface area contributed by atoms with E-state index in [1.165, 1.54) is 12.1 Å². The topological polar surface area (TPSA) is 72.2 Å². The van der Waals surface area contributed by atoms with Crippen molar-refractivity contribution in [2.24, 2.45) is 0 Å². The number of hydrogen-bond donors (Lipinski definition) is 2. The third-order valence-electron chi connectivity index (χ3n) is 2.18. The third-order valence-corrected chi connectivity index (χ3v) is 4.09. The molecule has 3 N–H and O–H groups in total. The number of nitrogens with two attached hydrogens (primary N) is 1. The van der Waals surface area contributed by atoms with Crippen molar-refractivity contribution < 1.29 is 21.6 Å². The Morgan fingerprint density at radius 1 is 1.42 bits per heavy atom. The zero-order chi connectivity index (χ0) is 14.8. The number of alkyl halides is 3. The first-order valence-electron chi connectivity index (χ1n) is 5.15. The molecule has 0 heterocycles. The highest BCUT2D eigenvalue weighted by atomic mass is 35.5. The van der Waals surface area contributed by atoms with Crippen LogP contribution in [0.15, 0.2) is 23.1 Å². The van der Waals surface area contributed by atoms with Gasteiger partial charge in [-0.25, -0.2) is 13.1 Å². The Bertz CT molecular complexity index is 560. The van der Waals surface area contributed by atoms with Crippen LogP contribution in [-0.2, 0) is 10.0 Å². The van der Waals surface area contributed by atoms with Crippen LogP contribution in [0.2, 0.25) is 5.02 Å². The molecule has 1 rings (SSSR count). The van der Waals surface area contributed by atoms with Crippen LogP contribution in [0.3, 0.4) is 0 Å². The van der Waals surface area contributed by atoms with Crippen molar-refractivity contribution in [1.82, 2.24) is 4.72 Å². The van der Waals surface area contributed by atoms with Gasteiger partial charge >= 0.3 is 6.18 Å². The molecular weight excluding hydrogens is 305 g/mol. The standard InChI is InChI=1S/C10H12ClF3N2O2S/c1-6(5-10(12,13)14)16-19(17,18)7-2-3-9(15)8(11)4-7/h2-4,6,16H,5,15H2,1H3. The molecule has 0 aliphatic heterocycles. The van der Waals surface area contributed by atoms with Gasteiger partial charge in [0.05, 0.1) is 22.0 Å². The molecule has 0 aliphatic carbocycles. The summed E-state index contributed by atoms with van der Waals surface area (Å²) in [5.41, 5.74) is 5.60. The van der Waals surface area contributed by atoms with Crippen LogP contribution in [0.5, 0.6) is 0 Å². The highest BCUT2D eigenvalue weighted by Crippen LogP contribution is 2.24. The van der Waals surface area contributed by atoms with Gasteiger partial charge in [-0.3, -0.25) is 0 Å². The Labute approximate surface area is 113 Å². The summed E-state index contributed by atoms with van der Waals surface area (Å²) in [5.74, 6) is 0. The molecule has 0 fully saturated rings. The molecular formula is C10H12ClF3N2O2S. The lowest BCUT2D eigenvalue weighted by Crippen LogP contribution is -2.35. The zero-order valence-corrected chi connectivity index (χ0v) is 11.4. The Morgan fingerprint density at radius 3 is 2.47 bits per heavy atom. The van der Waals surface area contributed by atoms with Gasteiger partial charge in [0.15, 0.2) is 0 Å². The van der Waals surface area contributed by atoms with E-state index in [1.807, 2.05) is 4.72 Å². The Hall–Kier alpha value is -0.990. The summed E-state index contributed by atoms with van der Waals surface area (Å²) in [7, 11) is -4.06. The Kier molecular flexibility index (Phi) is 4.70. The number of anilines is 1. The summed E-state index contributed by atoms with van der Waals surface area (Å²) in [6, 6.07) is 2.25. The SMILES string of the molecule is CC(CC(F)(F)F)NS(=O)(=O)c1ccc(N)c(Cl)c1. The third kappa shape index (κ3) is 4.88. The lowest BCUT2D eigenvalue weighted by Gasteiger charge is -2.16. The molecule has 0 saturated heterocycles. The molecule has 0 amide bonds. The molecule has 0 saturated carbocycles. The minimum absolute atomic E-state index is 0.0198. The number of nitrogen functional groups attached to an aromatic ring is 1. The van der Waals surface area contributed by atoms with Gasteiger partial charge in [0.2, 0.25) is 10.0 Å². The van der Waals surface area contributed by atoms with Crippen LogP contribution in [0.1, 0.15) is 13.3 Å². The van der Waals surface area contributed by atoms with Gasteiger partial charge in [0.1, 0.15) is 0 Å². The Morgan fingerprint density at radius 2 is 2.00 bits per heavy atom. The van der Waals surface area contributed by atoms with E-state index in [1.54, 1.807) is 0 Å². The fraction of sp³-hybridized carbons (Fsp3) is 0.400. The van der Waals surface area contributed by atoms with Gasteiger partial charge in [0.25, 0.3) is 0 Å². The van der Waals surface area contributed by atoms with Gasteiger partial charge in [-0.15, -0.1) is 0 Å². The minimum Gasteiger partial charge on any atom is -0.398 e. The van der Waals surface area contributed by atoms with Crippen LogP contribution >= 0.6 is 11.6 Å². The zero-order valence-electron chi connectivity index (χ0n) is 9.83. The highest BCUT2D eigenvalue weighted by Gasteiger charge is 2.32. The van der Waals surface area contributed by atoms with Crippen molar-refractivity contribution in [3.05, 3.63) is 23.2 Å². The lowest BCUT2D eigenvalue weighted by molar-refractivity contribution is -0.137. The molecule has 1 atom stereocenters. The normalized spacial score (nSPS) is 14.4. The molecule has 9 heteroatoms. The van der Waals surface area contributed by atoms with Crippen molar-refractivity contribution in [2.45, 2.75) is 30.5 Å². The van der Waals surface area contributed by atoms with E-state index < -0.39 is 28.7 Å². The predicted molar refractivity (Wildman–Crippen MR) is 66.3 cm³/mol. The first kappa shape index (κ1) is 16.1. The minimum atomic E-state index is -4.44. The number of sulfonamides is 1. The largest absolute Gasteiger partial charge is 0.398 e. The number of hydrogen-bond acceptors (Lipinski definition) is 3. The van der Waals surface area contributed by atoms with Crippen molar-refractivity contribution in [2.75, 3.05) is 5.73 Å². The van der Waals surface area contributed by atoms with Crippen LogP contribution < -0.4 is 10.5 Å². The van der Waals surface area contributed by atoms with E-state index in [4.69, 9.17) is 17.3 Å². The molecule has 0 radical (unpaired) electrons. The first-order chi connectivity index (χ1) is 8.51. The molecule has 0 aromatic heterocycles. The van der Waals surface area contributed by atoms with Crippen molar-refractivity contribution >= 4 is 27.3 Å². The van der Waals surface area contributed by atoms with Crippen LogP contribution in [0, 0.1) is 0 Å². The van der Waals surface area contributed by atoms with Crippen molar-refractivity contribution in [1.29, 1.82) is 0 Å². The van der Waals surface area contributed by atoms with Gasteiger partial charge in [0, 0.05) is 6.04 Å². The average Bonchev–Trinajstić information content (AvgIpc) is 2.17. The molecule has 0 spiro atoms. The second kappa shape index (κ2) is 5.56. The number of rotatable bonds is 4. The maximum Gasteiger partial charge on any atom is 0.390 e. The summed E-state index contributed by atoms with van der Waals surface area (Å²) >= 11 is 5.67. The van der Waals surface area contributed by atoms with Crippen molar-refractivity contribution in [3.8, 4) is 0 Å². The van der Waals surface area contributed by atoms with Crippen molar-refractivity contribution in [3.63, 3.8) is 0 Å². The molecule has 108 valence electrons. The molecule has 0 bridgehead atoms. The molecule has 1 aromatic carbocycles. The summed E-state index contributed by atoms with van der Waals surface area (Å²) in [6.07, 6.45) is -5.70. The molecule has 4 nitrogen and oxygen atoms in total. The summed E-state index contributed by atoms with van der Waals surface area (Å²) in [4.78, 5) is -0.235. The Balaban J connectivity index is 2.89. The van der Waals surface area contributed by atoms with Gasteiger partial charge < -0.3 is 5.73 Å². The quantitative estimate of drug-likeness (QED) is 0.838. The van der Waals surface area contributed by atoms with Gasteiger partial charge in [-0.1, -0.05) is 11.6 Å². The first-order valence-corrected chi connectivity index (χ1v) is 7.01. The fourth-order valence-corrected chi connectivity index (χ4v) is 2.91. The lowest BCUT2D eigenvalue weighted by atomic mass is 10.2. The van der Waals surface area contributed by atoms with Gasteiger partial charge in [-0.05, 0) is 25.1 Å². The summed E-state index contributed by atoms with van der Waals surface area (Å²) in [6.45, 7) is 1.13. The summed E-state index contributed by atoms with van der Waals surface area (Å²) < 4.78 is 61.9. The summed E-state index contributed by atoms with van der Waals surface area (Å²) in [5, 5.41) is 0.0198. The van der Waals surface area contributed by atoms with E-state index >= 15 is 0 Å². The molecule has 19 heavy (non-hydrogen) atoms. The fourth-order valence-electron chi connectivity index (χ4n) is 1.40. The van der Waals surface area contributed by atoms with E-state index in [2.05, 4.69) is 0 Å². The maximum absolute atomic E-state index is 12.1. The predicted octanol–water partition coefficient (Wildman–Crippen LogP) is 2.54. The molecule has 1 unspecified atom stereocenters. The van der Waals surface area contributed by atoms with Crippen LogP contribution in [-0.4, -0.2) is 20.6 Å². The molecule has 0 aliphatic rings. The second-order valence-electron chi connectivity index (χ2n) is 4.02. The maximum atomic E-state index is 12.1. The van der Waals surface area contributed by atoms with E-state index in [0.29, 0.717) is 0 Å². The highest BCUT2D eigenvalue weighted by molar-refractivity contribution is 7.89. The van der Waals surface area contributed by atoms with Crippen LogP contribution in [0.25, 0.3) is 0 Å². The van der Waals surface area contributed by atoms with E-state index in [0.717, 1.165) is 13.0 Å². The molecule has 1 aromatic rings. The monoisotopic (exact) mass is 316 g/mol. The van der Waals surface area contributed by atoms with Crippen LogP contribution in [0.4, 0.5) is 18.9 Å². The second-order valence-corrected chi connectivity index (χ2v) is 6.15.